The zero-order valence-electron chi connectivity index (χ0n) is 11.9. The Kier molecular flexibility index (Phi) is 4.11. The summed E-state index contributed by atoms with van der Waals surface area (Å²) in [6, 6.07) is 0. The van der Waals surface area contributed by atoms with Crippen LogP contribution in [0.4, 0.5) is 11.6 Å². The van der Waals surface area contributed by atoms with Gasteiger partial charge in [-0.25, -0.2) is 19.9 Å². The summed E-state index contributed by atoms with van der Waals surface area (Å²) >= 11 is 0. The highest BCUT2D eigenvalue weighted by Crippen LogP contribution is 2.18. The molecule has 0 unspecified atom stereocenters. The summed E-state index contributed by atoms with van der Waals surface area (Å²) in [5, 5.41) is 4.81. The molecule has 0 bridgehead atoms. The molecule has 2 rings (SSSR count). The number of nitrogen functional groups attached to an aromatic ring is 2. The molecule has 0 aromatic carbocycles. The number of anilines is 2. The van der Waals surface area contributed by atoms with E-state index in [2.05, 4.69) is 30.6 Å². The molecular formula is C12H14N8O2. The van der Waals surface area contributed by atoms with E-state index in [0.29, 0.717) is 0 Å². The molecule has 114 valence electrons. The Labute approximate surface area is 125 Å². The zero-order chi connectivity index (χ0) is 16.3. The maximum absolute atomic E-state index is 11.7. The van der Waals surface area contributed by atoms with E-state index in [9.17, 15) is 9.59 Å². The molecule has 2 aromatic rings. The molecule has 0 fully saturated rings. The summed E-state index contributed by atoms with van der Waals surface area (Å²) in [6.07, 6.45) is 2.66. The minimum absolute atomic E-state index is 0.0157. The summed E-state index contributed by atoms with van der Waals surface area (Å²) in [5.74, 6) is -1.00. The lowest BCUT2D eigenvalue weighted by Crippen LogP contribution is -2.23. The van der Waals surface area contributed by atoms with Crippen LogP contribution in [0.5, 0.6) is 0 Å². The SMILES string of the molecule is CNC(=O)c1nc(-c2cnc(N)c(C(=O)NC)n2)cnc1N. The molecule has 2 amide bonds. The zero-order valence-corrected chi connectivity index (χ0v) is 11.9. The Morgan fingerprint density at radius 3 is 1.55 bits per heavy atom. The normalized spacial score (nSPS) is 10.1. The summed E-state index contributed by atoms with van der Waals surface area (Å²) in [6.45, 7) is 0. The number of aromatic nitrogens is 4. The van der Waals surface area contributed by atoms with Gasteiger partial charge in [0.25, 0.3) is 11.8 Å². The molecule has 0 aliphatic carbocycles. The van der Waals surface area contributed by atoms with Gasteiger partial charge in [0.15, 0.2) is 23.0 Å². The summed E-state index contributed by atoms with van der Waals surface area (Å²) < 4.78 is 0. The highest BCUT2D eigenvalue weighted by molar-refractivity contribution is 5.97. The third kappa shape index (κ3) is 2.75. The highest BCUT2D eigenvalue weighted by atomic mass is 16.2. The summed E-state index contributed by atoms with van der Waals surface area (Å²) in [4.78, 5) is 39.3. The molecule has 0 saturated carbocycles. The van der Waals surface area contributed by atoms with Gasteiger partial charge in [0.1, 0.15) is 11.4 Å². The van der Waals surface area contributed by atoms with Crippen LogP contribution in [0.2, 0.25) is 0 Å². The second kappa shape index (κ2) is 5.99. The van der Waals surface area contributed by atoms with Gasteiger partial charge in [0.2, 0.25) is 0 Å². The first-order valence-electron chi connectivity index (χ1n) is 6.17. The van der Waals surface area contributed by atoms with Crippen LogP contribution in [0.25, 0.3) is 11.4 Å². The standard InChI is InChI=1S/C12H14N8O2/c1-15-11(21)7-9(13)17-3-5(19-7)6-4-18-10(14)8(20-6)12(22)16-2/h3-4H,1-2H3,(H2,13,17)(H2,14,18)(H,15,21)(H,16,22). The van der Waals surface area contributed by atoms with Gasteiger partial charge in [-0.2, -0.15) is 0 Å². The van der Waals surface area contributed by atoms with Gasteiger partial charge in [-0.1, -0.05) is 0 Å². The molecule has 0 aliphatic rings. The van der Waals surface area contributed by atoms with E-state index < -0.39 is 11.8 Å². The van der Waals surface area contributed by atoms with Crippen LogP contribution < -0.4 is 22.1 Å². The van der Waals surface area contributed by atoms with Gasteiger partial charge in [0.05, 0.1) is 12.4 Å². The van der Waals surface area contributed by atoms with Crippen molar-refractivity contribution in [3.8, 4) is 11.4 Å². The number of nitrogens with one attached hydrogen (secondary N) is 2. The van der Waals surface area contributed by atoms with Gasteiger partial charge in [0, 0.05) is 14.1 Å². The Morgan fingerprint density at radius 1 is 0.864 bits per heavy atom. The number of carbonyl (C=O) groups excluding carboxylic acids is 2. The van der Waals surface area contributed by atoms with Crippen molar-refractivity contribution in [2.24, 2.45) is 0 Å². The number of hydrogen-bond acceptors (Lipinski definition) is 8. The monoisotopic (exact) mass is 302 g/mol. The average Bonchev–Trinajstić information content (AvgIpc) is 2.54. The van der Waals surface area contributed by atoms with Crippen molar-refractivity contribution < 1.29 is 9.59 Å². The van der Waals surface area contributed by atoms with Gasteiger partial charge in [-0.05, 0) is 0 Å². The topological polar surface area (TPSA) is 162 Å². The van der Waals surface area contributed by atoms with Gasteiger partial charge in [-0.3, -0.25) is 9.59 Å². The Balaban J connectivity index is 2.53. The van der Waals surface area contributed by atoms with Crippen LogP contribution in [0, 0.1) is 0 Å². The third-order valence-electron chi connectivity index (χ3n) is 2.75. The molecule has 0 aliphatic heterocycles. The molecular weight excluding hydrogens is 288 g/mol. The van der Waals surface area contributed by atoms with Gasteiger partial charge in [-0.15, -0.1) is 0 Å². The van der Waals surface area contributed by atoms with Crippen LogP contribution in [0.1, 0.15) is 21.0 Å². The van der Waals surface area contributed by atoms with Gasteiger partial charge >= 0.3 is 0 Å². The fraction of sp³-hybridized carbons (Fsp3) is 0.167. The van der Waals surface area contributed by atoms with E-state index in [1.165, 1.54) is 26.5 Å². The molecule has 6 N–H and O–H groups in total. The van der Waals surface area contributed by atoms with Gasteiger partial charge < -0.3 is 22.1 Å². The van der Waals surface area contributed by atoms with Crippen LogP contribution in [-0.4, -0.2) is 45.8 Å². The number of hydrogen-bond donors (Lipinski definition) is 4. The van der Waals surface area contributed by atoms with E-state index in [4.69, 9.17) is 11.5 Å². The second-order valence-corrected chi connectivity index (χ2v) is 4.14. The van der Waals surface area contributed by atoms with Crippen molar-refractivity contribution in [3.05, 3.63) is 23.8 Å². The van der Waals surface area contributed by atoms with Crippen molar-refractivity contribution in [1.29, 1.82) is 0 Å². The van der Waals surface area contributed by atoms with Crippen molar-refractivity contribution >= 4 is 23.5 Å². The van der Waals surface area contributed by atoms with E-state index in [1.54, 1.807) is 0 Å². The van der Waals surface area contributed by atoms with E-state index in [1.807, 2.05) is 0 Å². The first-order chi connectivity index (χ1) is 10.5. The fourth-order valence-corrected chi connectivity index (χ4v) is 1.61. The minimum atomic E-state index is -0.484. The lowest BCUT2D eigenvalue weighted by atomic mass is 10.2. The van der Waals surface area contributed by atoms with E-state index in [-0.39, 0.29) is 34.4 Å². The van der Waals surface area contributed by atoms with Crippen LogP contribution in [0.3, 0.4) is 0 Å². The first-order valence-corrected chi connectivity index (χ1v) is 6.17. The number of nitrogens with zero attached hydrogens (tertiary/aromatic N) is 4. The molecule has 0 atom stereocenters. The number of amides is 2. The second-order valence-electron chi connectivity index (χ2n) is 4.14. The lowest BCUT2D eigenvalue weighted by Gasteiger charge is -2.07. The van der Waals surface area contributed by atoms with Crippen molar-refractivity contribution in [2.45, 2.75) is 0 Å². The predicted octanol–water partition coefficient (Wildman–Crippen LogP) is -1.18. The molecule has 0 radical (unpaired) electrons. The lowest BCUT2D eigenvalue weighted by molar-refractivity contribution is 0.0950. The third-order valence-corrected chi connectivity index (χ3v) is 2.75. The number of rotatable bonds is 3. The van der Waals surface area contributed by atoms with E-state index >= 15 is 0 Å². The molecule has 2 heterocycles. The van der Waals surface area contributed by atoms with Crippen molar-refractivity contribution in [3.63, 3.8) is 0 Å². The smallest absolute Gasteiger partial charge is 0.273 e. The molecule has 0 spiro atoms. The Morgan fingerprint density at radius 2 is 1.23 bits per heavy atom. The Hall–Kier alpha value is -3.30. The van der Waals surface area contributed by atoms with Crippen LogP contribution in [0.15, 0.2) is 12.4 Å². The predicted molar refractivity (Wildman–Crippen MR) is 78.7 cm³/mol. The van der Waals surface area contributed by atoms with Crippen LogP contribution >= 0.6 is 0 Å². The highest BCUT2D eigenvalue weighted by Gasteiger charge is 2.17. The molecule has 2 aromatic heterocycles. The quantitative estimate of drug-likeness (QED) is 0.550. The van der Waals surface area contributed by atoms with Crippen molar-refractivity contribution in [1.82, 2.24) is 30.6 Å². The first kappa shape index (κ1) is 15.1. The maximum atomic E-state index is 11.7. The van der Waals surface area contributed by atoms with Crippen molar-refractivity contribution in [2.75, 3.05) is 25.6 Å². The number of carbonyl (C=O) groups is 2. The Bertz CT molecular complexity index is 682. The average molecular weight is 302 g/mol. The minimum Gasteiger partial charge on any atom is -0.382 e. The van der Waals surface area contributed by atoms with E-state index in [0.717, 1.165) is 0 Å². The molecule has 10 nitrogen and oxygen atoms in total. The largest absolute Gasteiger partial charge is 0.382 e. The number of nitrogens with two attached hydrogens (primary N) is 2. The molecule has 0 saturated heterocycles. The summed E-state index contributed by atoms with van der Waals surface area (Å²) in [7, 11) is 2.89. The maximum Gasteiger partial charge on any atom is 0.273 e. The summed E-state index contributed by atoms with van der Waals surface area (Å²) in [5.41, 5.74) is 11.6. The fourth-order valence-electron chi connectivity index (χ4n) is 1.61. The molecule has 10 heteroatoms. The molecule has 22 heavy (non-hydrogen) atoms. The van der Waals surface area contributed by atoms with Crippen LogP contribution in [-0.2, 0) is 0 Å².